The molecule has 4 aliphatic carbocycles. The van der Waals surface area contributed by atoms with Crippen LogP contribution < -0.4 is 4.74 Å². The van der Waals surface area contributed by atoms with Crippen molar-refractivity contribution in [2.45, 2.75) is 212 Å². The summed E-state index contributed by atoms with van der Waals surface area (Å²) in [6, 6.07) is 33.3. The molecule has 4 saturated carbocycles. The van der Waals surface area contributed by atoms with Crippen LogP contribution in [0, 0.1) is 30.5 Å². The topological polar surface area (TPSA) is 18.5 Å². The molecule has 0 spiro atoms. The summed E-state index contributed by atoms with van der Waals surface area (Å²) in [4.78, 5) is 0. The van der Waals surface area contributed by atoms with Crippen LogP contribution >= 0.6 is 0 Å². The smallest absolute Gasteiger partial charge is 0.126 e. The number of unbranched alkanes of at least 4 members (excludes halogenated alkanes) is 3. The zero-order chi connectivity index (χ0) is 45.2. The Hall–Kier alpha value is -3.43. The van der Waals surface area contributed by atoms with E-state index in [-0.39, 0.29) is 5.82 Å². The summed E-state index contributed by atoms with van der Waals surface area (Å²) in [6.45, 7) is 10.8. The highest BCUT2D eigenvalue weighted by Crippen LogP contribution is 2.42. The fourth-order valence-electron chi connectivity index (χ4n) is 11.8. The number of halogens is 1. The summed E-state index contributed by atoms with van der Waals surface area (Å²) >= 11 is 0. The van der Waals surface area contributed by atoms with Gasteiger partial charge in [0.05, 0.1) is 12.7 Å². The molecule has 2 nitrogen and oxygen atoms in total. The second-order valence-electron chi connectivity index (χ2n) is 21.6. The van der Waals surface area contributed by atoms with Crippen LogP contribution in [0.5, 0.6) is 5.75 Å². The van der Waals surface area contributed by atoms with E-state index >= 15 is 0 Å². The molecular weight excluding hydrogens is 796 g/mol. The van der Waals surface area contributed by atoms with Crippen molar-refractivity contribution in [3.05, 3.63) is 136 Å². The predicted octanol–water partition coefficient (Wildman–Crippen LogP) is 17.9. The lowest BCUT2D eigenvalue weighted by molar-refractivity contribution is 0.0142. The predicted molar refractivity (Wildman–Crippen MR) is 273 cm³/mol. The second kappa shape index (κ2) is 26.2. The van der Waals surface area contributed by atoms with Gasteiger partial charge in [0.1, 0.15) is 11.6 Å². The quantitative estimate of drug-likeness (QED) is 0.0927. The summed E-state index contributed by atoms with van der Waals surface area (Å²) in [6.07, 6.45) is 30.8. The van der Waals surface area contributed by atoms with Gasteiger partial charge in [-0.15, -0.1) is 0 Å². The molecule has 4 fully saturated rings. The van der Waals surface area contributed by atoms with E-state index in [0.717, 1.165) is 85.7 Å². The molecule has 0 unspecified atom stereocenters. The average Bonchev–Trinajstić information content (AvgIpc) is 3.34. The lowest BCUT2D eigenvalue weighted by atomic mass is 9.75. The Morgan fingerprint density at radius 2 is 0.985 bits per heavy atom. The van der Waals surface area contributed by atoms with Crippen molar-refractivity contribution in [1.29, 1.82) is 0 Å². The van der Waals surface area contributed by atoms with E-state index in [4.69, 9.17) is 9.47 Å². The molecule has 4 aromatic carbocycles. The lowest BCUT2D eigenvalue weighted by Crippen LogP contribution is -2.22. The standard InChI is InChI=1S/C36H53FO2.C26H34/c1-3-4-5-8-29-12-21-34(22-13-29)38-25-6-7-26-39-35-23-14-30(15-24-35)11-18-32-19-20-33(27-36(32)37)31-16-9-28(2)10-17-31;1-19-3-7-21(8-4-19)23-11-15-25(16-12-23)26-17-13-24(14-18-26)22-9-5-20(2)6-10-22/h14-15,19-20,23-24,27-29,31,34H,3-13,16-18,21-22,25-26H2,1-2H3;3-4,7-8,13-14,17-18,20,22-23,25H,5-6,9-12,15-16H2,1-2H3. The Bertz CT molecular complexity index is 1900. The first kappa shape index (κ1) is 49.5. The molecule has 0 radical (unpaired) electrons. The van der Waals surface area contributed by atoms with E-state index in [1.54, 1.807) is 22.8 Å². The highest BCUT2D eigenvalue weighted by molar-refractivity contribution is 5.32. The van der Waals surface area contributed by atoms with Crippen molar-refractivity contribution < 1.29 is 13.9 Å². The van der Waals surface area contributed by atoms with Crippen LogP contribution in [-0.4, -0.2) is 19.3 Å². The number of rotatable bonds is 18. The largest absolute Gasteiger partial charge is 0.494 e. The van der Waals surface area contributed by atoms with Crippen LogP contribution in [0.15, 0.2) is 91.0 Å². The molecule has 3 heteroatoms. The second-order valence-corrected chi connectivity index (χ2v) is 21.6. The van der Waals surface area contributed by atoms with Crippen molar-refractivity contribution >= 4 is 0 Å². The first-order chi connectivity index (χ1) is 31.8. The first-order valence-corrected chi connectivity index (χ1v) is 27.1. The minimum Gasteiger partial charge on any atom is -0.494 e. The molecule has 0 atom stereocenters. The fraction of sp³-hybridized carbons (Fsp3) is 0.613. The Labute approximate surface area is 396 Å². The van der Waals surface area contributed by atoms with Crippen molar-refractivity contribution in [2.24, 2.45) is 17.8 Å². The van der Waals surface area contributed by atoms with Gasteiger partial charge in [-0.05, 0) is 203 Å². The van der Waals surface area contributed by atoms with Crippen LogP contribution in [0.4, 0.5) is 4.39 Å². The SMILES string of the molecule is CCCCCC1CCC(OCCCCOc2ccc(CCc3ccc(C4CCC(C)CC4)cc3F)cc2)CC1.Cc1ccc(C2CCC(c3ccc(C4CCC(C)CC4)cc3)CC2)cc1. The van der Waals surface area contributed by atoms with Crippen LogP contribution in [-0.2, 0) is 17.6 Å². The van der Waals surface area contributed by atoms with E-state index in [1.165, 1.54) is 145 Å². The van der Waals surface area contributed by atoms with Crippen molar-refractivity contribution in [2.75, 3.05) is 13.2 Å². The molecule has 0 heterocycles. The first-order valence-electron chi connectivity index (χ1n) is 27.1. The maximum atomic E-state index is 14.8. The number of aryl methyl sites for hydroxylation is 3. The van der Waals surface area contributed by atoms with Crippen molar-refractivity contribution in [1.82, 2.24) is 0 Å². The number of hydrogen-bond donors (Lipinski definition) is 0. The molecule has 354 valence electrons. The Kier molecular flexibility index (Phi) is 19.9. The van der Waals surface area contributed by atoms with Gasteiger partial charge < -0.3 is 9.47 Å². The van der Waals surface area contributed by atoms with Gasteiger partial charge in [0, 0.05) is 6.61 Å². The molecule has 4 aliphatic rings. The molecule has 0 aromatic heterocycles. The monoisotopic (exact) mass is 883 g/mol. The maximum Gasteiger partial charge on any atom is 0.126 e. The average molecular weight is 883 g/mol. The molecule has 4 aromatic rings. The molecule has 8 rings (SSSR count). The molecule has 0 saturated heterocycles. The highest BCUT2D eigenvalue weighted by atomic mass is 19.1. The molecular formula is C62H87FO2. The number of hydrogen-bond acceptors (Lipinski definition) is 2. The highest BCUT2D eigenvalue weighted by Gasteiger charge is 2.26. The van der Waals surface area contributed by atoms with E-state index < -0.39 is 0 Å². The van der Waals surface area contributed by atoms with E-state index in [9.17, 15) is 4.39 Å². The summed E-state index contributed by atoms with van der Waals surface area (Å²) < 4.78 is 26.9. The van der Waals surface area contributed by atoms with Crippen LogP contribution in [0.1, 0.15) is 225 Å². The number of ether oxygens (including phenoxy) is 2. The van der Waals surface area contributed by atoms with Crippen molar-refractivity contribution in [3.8, 4) is 5.75 Å². The van der Waals surface area contributed by atoms with Gasteiger partial charge in [0.15, 0.2) is 0 Å². The zero-order valence-electron chi connectivity index (χ0n) is 41.4. The third-order valence-electron chi connectivity index (χ3n) is 16.5. The number of benzene rings is 4. The van der Waals surface area contributed by atoms with Gasteiger partial charge in [0.2, 0.25) is 0 Å². The third-order valence-corrected chi connectivity index (χ3v) is 16.5. The van der Waals surface area contributed by atoms with Gasteiger partial charge in [-0.1, -0.05) is 150 Å². The van der Waals surface area contributed by atoms with Gasteiger partial charge in [-0.3, -0.25) is 0 Å². The minimum atomic E-state index is -0.0369. The Morgan fingerprint density at radius 3 is 1.52 bits per heavy atom. The van der Waals surface area contributed by atoms with E-state index in [1.807, 2.05) is 18.2 Å². The van der Waals surface area contributed by atoms with E-state index in [0.29, 0.717) is 12.0 Å². The molecule has 0 bridgehead atoms. The summed E-state index contributed by atoms with van der Waals surface area (Å²) in [5.41, 5.74) is 9.34. The molecule has 0 N–H and O–H groups in total. The Balaban J connectivity index is 0.000000209. The molecule has 65 heavy (non-hydrogen) atoms. The van der Waals surface area contributed by atoms with Gasteiger partial charge in [-0.2, -0.15) is 0 Å². The zero-order valence-corrected chi connectivity index (χ0v) is 41.4. The normalized spacial score (nSPS) is 25.9. The minimum absolute atomic E-state index is 0.0369. The van der Waals surface area contributed by atoms with Crippen LogP contribution in [0.3, 0.4) is 0 Å². The third kappa shape index (κ3) is 15.8. The molecule has 0 amide bonds. The van der Waals surface area contributed by atoms with Crippen LogP contribution in [0.2, 0.25) is 0 Å². The van der Waals surface area contributed by atoms with E-state index in [2.05, 4.69) is 94.4 Å². The van der Waals surface area contributed by atoms with Crippen LogP contribution in [0.25, 0.3) is 0 Å². The summed E-state index contributed by atoms with van der Waals surface area (Å²) in [5.74, 6) is 6.48. The summed E-state index contributed by atoms with van der Waals surface area (Å²) in [7, 11) is 0. The molecule has 0 aliphatic heterocycles. The van der Waals surface area contributed by atoms with Gasteiger partial charge in [-0.25, -0.2) is 4.39 Å². The van der Waals surface area contributed by atoms with Gasteiger partial charge >= 0.3 is 0 Å². The summed E-state index contributed by atoms with van der Waals surface area (Å²) in [5, 5.41) is 0. The Morgan fingerprint density at radius 1 is 0.492 bits per heavy atom. The van der Waals surface area contributed by atoms with Crippen molar-refractivity contribution in [3.63, 3.8) is 0 Å². The lowest BCUT2D eigenvalue weighted by Gasteiger charge is -2.30. The van der Waals surface area contributed by atoms with Gasteiger partial charge in [0.25, 0.3) is 0 Å². The maximum absolute atomic E-state index is 14.8. The fourth-order valence-corrected chi connectivity index (χ4v) is 11.8.